The summed E-state index contributed by atoms with van der Waals surface area (Å²) in [5, 5.41) is 6.56. The van der Waals surface area contributed by atoms with Crippen LogP contribution in [-0.2, 0) is 0 Å². The average molecular weight is 320 g/mol. The van der Waals surface area contributed by atoms with E-state index in [-0.39, 0.29) is 0 Å². The smallest absolute Gasteiger partial charge is 0.137 e. The van der Waals surface area contributed by atoms with Crippen LogP contribution in [0.1, 0.15) is 0 Å². The van der Waals surface area contributed by atoms with Crippen LogP contribution in [-0.4, -0.2) is 4.98 Å². The lowest BCUT2D eigenvalue weighted by Crippen LogP contribution is -1.85. The van der Waals surface area contributed by atoms with Crippen molar-refractivity contribution >= 4 is 64.8 Å². The molecule has 0 amide bonds. The molecule has 2 heterocycles. The van der Waals surface area contributed by atoms with Gasteiger partial charge in [-0.15, -0.1) is 11.3 Å². The number of thiophene rings is 1. The van der Waals surface area contributed by atoms with Crippen molar-refractivity contribution in [1.82, 2.24) is 4.98 Å². The van der Waals surface area contributed by atoms with Gasteiger partial charge in [-0.2, -0.15) is 0 Å². The van der Waals surface area contributed by atoms with E-state index in [1.807, 2.05) is 23.5 Å². The molecule has 1 nitrogen and oxygen atoms in total. The fraction of sp³-hybridized carbons (Fsp3) is 0. The number of nitrogens with zero attached hydrogens (tertiary/aromatic N) is 1. The van der Waals surface area contributed by atoms with Gasteiger partial charge in [-0.1, -0.05) is 48.0 Å². The number of para-hydroxylation sites is 1. The number of pyridine rings is 1. The Morgan fingerprint density at radius 1 is 0.682 bits per heavy atom. The molecule has 0 unspecified atom stereocenters. The zero-order chi connectivity index (χ0) is 14.7. The lowest BCUT2D eigenvalue weighted by atomic mass is 10.0. The Morgan fingerprint density at radius 3 is 2.36 bits per heavy atom. The average Bonchev–Trinajstić information content (AvgIpc) is 2.93. The van der Waals surface area contributed by atoms with Crippen molar-refractivity contribution in [1.29, 1.82) is 0 Å². The summed E-state index contributed by atoms with van der Waals surface area (Å²) in [6.07, 6.45) is 0. The van der Waals surface area contributed by atoms with Crippen LogP contribution in [0.15, 0.2) is 60.7 Å². The van der Waals surface area contributed by atoms with E-state index in [4.69, 9.17) is 11.6 Å². The second kappa shape index (κ2) is 4.42. The van der Waals surface area contributed by atoms with Crippen molar-refractivity contribution in [2.45, 2.75) is 0 Å². The maximum absolute atomic E-state index is 6.45. The lowest BCUT2D eigenvalue weighted by Gasteiger charge is -2.07. The summed E-state index contributed by atoms with van der Waals surface area (Å²) in [7, 11) is 0. The van der Waals surface area contributed by atoms with Crippen LogP contribution in [0.4, 0.5) is 0 Å². The van der Waals surface area contributed by atoms with E-state index in [0.717, 1.165) is 16.3 Å². The van der Waals surface area contributed by atoms with E-state index < -0.39 is 0 Å². The van der Waals surface area contributed by atoms with E-state index >= 15 is 0 Å². The number of fused-ring (bicyclic) bond motifs is 7. The zero-order valence-electron chi connectivity index (χ0n) is 11.5. The molecule has 0 fully saturated rings. The highest BCUT2D eigenvalue weighted by molar-refractivity contribution is 7.26. The Bertz CT molecular complexity index is 1190. The first kappa shape index (κ1) is 12.4. The van der Waals surface area contributed by atoms with Gasteiger partial charge < -0.3 is 0 Å². The van der Waals surface area contributed by atoms with Crippen LogP contribution in [0.5, 0.6) is 0 Å². The molecule has 0 saturated carbocycles. The maximum atomic E-state index is 6.45. The minimum absolute atomic E-state index is 0.575. The Morgan fingerprint density at radius 2 is 1.45 bits per heavy atom. The molecule has 0 N–H and O–H groups in total. The third-order valence-corrected chi connectivity index (χ3v) is 5.58. The second-order valence-electron chi connectivity index (χ2n) is 5.38. The summed E-state index contributed by atoms with van der Waals surface area (Å²) in [5.74, 6) is 0. The highest BCUT2D eigenvalue weighted by Gasteiger charge is 2.13. The van der Waals surface area contributed by atoms with Gasteiger partial charge in [-0.3, -0.25) is 0 Å². The Balaban J connectivity index is 2.20. The highest BCUT2D eigenvalue weighted by Crippen LogP contribution is 2.42. The molecule has 0 aliphatic rings. The predicted octanol–water partition coefficient (Wildman–Crippen LogP) is 6.41. The largest absolute Gasteiger partial charge is 0.235 e. The van der Waals surface area contributed by atoms with Crippen LogP contribution in [0.25, 0.3) is 41.8 Å². The molecule has 0 spiro atoms. The molecule has 3 heteroatoms. The van der Waals surface area contributed by atoms with Crippen molar-refractivity contribution in [3.63, 3.8) is 0 Å². The van der Waals surface area contributed by atoms with Gasteiger partial charge >= 0.3 is 0 Å². The normalized spacial score (nSPS) is 11.9. The van der Waals surface area contributed by atoms with Crippen molar-refractivity contribution in [3.05, 3.63) is 65.8 Å². The van der Waals surface area contributed by atoms with E-state index in [1.54, 1.807) is 0 Å². The van der Waals surface area contributed by atoms with Crippen LogP contribution in [0.2, 0.25) is 5.15 Å². The van der Waals surface area contributed by atoms with Crippen molar-refractivity contribution in [2.24, 2.45) is 0 Å². The molecule has 0 aliphatic carbocycles. The first-order valence-electron chi connectivity index (χ1n) is 7.11. The van der Waals surface area contributed by atoms with E-state index in [0.29, 0.717) is 5.15 Å². The molecule has 22 heavy (non-hydrogen) atoms. The predicted molar refractivity (Wildman–Crippen MR) is 97.1 cm³/mol. The number of benzene rings is 3. The highest BCUT2D eigenvalue weighted by atomic mass is 35.5. The first-order valence-corrected chi connectivity index (χ1v) is 8.30. The van der Waals surface area contributed by atoms with Crippen molar-refractivity contribution in [2.75, 3.05) is 0 Å². The van der Waals surface area contributed by atoms with Gasteiger partial charge in [0, 0.05) is 36.3 Å². The number of hydrogen-bond donors (Lipinski definition) is 0. The maximum Gasteiger partial charge on any atom is 0.137 e. The molecule has 0 bridgehead atoms. The minimum Gasteiger partial charge on any atom is -0.235 e. The molecule has 0 atom stereocenters. The number of hydrogen-bond acceptors (Lipinski definition) is 2. The van der Waals surface area contributed by atoms with Gasteiger partial charge in [-0.25, -0.2) is 4.98 Å². The summed E-state index contributed by atoms with van der Waals surface area (Å²) >= 11 is 8.27. The molecular weight excluding hydrogens is 310 g/mol. The van der Waals surface area contributed by atoms with Crippen LogP contribution >= 0.6 is 22.9 Å². The molecular formula is C19H10ClNS. The molecule has 0 saturated heterocycles. The Kier molecular flexibility index (Phi) is 2.49. The van der Waals surface area contributed by atoms with Crippen molar-refractivity contribution < 1.29 is 0 Å². The summed E-state index contributed by atoms with van der Waals surface area (Å²) in [6, 6.07) is 21.0. The number of rotatable bonds is 0. The molecule has 0 radical (unpaired) electrons. The van der Waals surface area contributed by atoms with Gasteiger partial charge in [0.1, 0.15) is 5.15 Å². The summed E-state index contributed by atoms with van der Waals surface area (Å²) < 4.78 is 2.60. The number of halogens is 1. The molecule has 2 aromatic heterocycles. The first-order chi connectivity index (χ1) is 10.8. The van der Waals surface area contributed by atoms with E-state index in [1.165, 1.54) is 25.6 Å². The number of aromatic nitrogens is 1. The van der Waals surface area contributed by atoms with Crippen molar-refractivity contribution in [3.8, 4) is 0 Å². The van der Waals surface area contributed by atoms with Crippen LogP contribution in [0, 0.1) is 0 Å². The second-order valence-corrected chi connectivity index (χ2v) is 6.82. The zero-order valence-corrected chi connectivity index (χ0v) is 13.1. The van der Waals surface area contributed by atoms with E-state index in [9.17, 15) is 0 Å². The van der Waals surface area contributed by atoms with Gasteiger partial charge in [0.05, 0.1) is 5.52 Å². The fourth-order valence-electron chi connectivity index (χ4n) is 3.22. The summed E-state index contributed by atoms with van der Waals surface area (Å²) in [4.78, 5) is 4.54. The van der Waals surface area contributed by atoms with Gasteiger partial charge in [-0.05, 0) is 24.3 Å². The molecule has 3 aromatic carbocycles. The van der Waals surface area contributed by atoms with Gasteiger partial charge in [0.15, 0.2) is 0 Å². The standard InChI is InChI=1S/C19H10ClNS/c20-19-13-9-10-16-18(12-6-2-4-8-15(12)22-16)17(13)11-5-1-3-7-14(11)21-19/h1-10H. The van der Waals surface area contributed by atoms with Crippen LogP contribution in [0.3, 0.4) is 0 Å². The lowest BCUT2D eigenvalue weighted by molar-refractivity contribution is 1.45. The monoisotopic (exact) mass is 319 g/mol. The SMILES string of the molecule is Clc1nc2ccccc2c2c1ccc1sc3ccccc3c12. The topological polar surface area (TPSA) is 12.9 Å². The summed E-state index contributed by atoms with van der Waals surface area (Å²) in [6.45, 7) is 0. The molecule has 5 rings (SSSR count). The van der Waals surface area contributed by atoms with Gasteiger partial charge in [0.25, 0.3) is 0 Å². The van der Waals surface area contributed by atoms with Crippen LogP contribution < -0.4 is 0 Å². The molecule has 104 valence electrons. The van der Waals surface area contributed by atoms with E-state index in [2.05, 4.69) is 53.5 Å². The third kappa shape index (κ3) is 1.57. The molecule has 5 aromatic rings. The third-order valence-electron chi connectivity index (χ3n) is 4.16. The Hall–Kier alpha value is -2.16. The Labute approximate surface area is 135 Å². The fourth-order valence-corrected chi connectivity index (χ4v) is 4.58. The molecule has 0 aliphatic heterocycles. The quantitative estimate of drug-likeness (QED) is 0.237. The summed E-state index contributed by atoms with van der Waals surface area (Å²) in [5.41, 5.74) is 0.947. The minimum atomic E-state index is 0.575. The van der Waals surface area contributed by atoms with Gasteiger partial charge in [0.2, 0.25) is 0 Å².